The lowest BCUT2D eigenvalue weighted by molar-refractivity contribution is -0.121. The summed E-state index contributed by atoms with van der Waals surface area (Å²) in [6.45, 7) is 0.908. The van der Waals surface area contributed by atoms with Gasteiger partial charge in [-0.25, -0.2) is 0 Å². The molecule has 5 nitrogen and oxygen atoms in total. The van der Waals surface area contributed by atoms with E-state index in [1.54, 1.807) is 24.3 Å². The van der Waals surface area contributed by atoms with E-state index in [9.17, 15) is 14.7 Å². The smallest absolute Gasteiger partial charge is 0.257 e. The van der Waals surface area contributed by atoms with Crippen molar-refractivity contribution in [3.63, 3.8) is 0 Å². The lowest BCUT2D eigenvalue weighted by Gasteiger charge is -2.34. The zero-order chi connectivity index (χ0) is 15.4. The third-order valence-electron chi connectivity index (χ3n) is 3.55. The lowest BCUT2D eigenvalue weighted by Crippen LogP contribution is -2.42. The molecule has 114 valence electrons. The summed E-state index contributed by atoms with van der Waals surface area (Å²) in [4.78, 5) is 25.5. The van der Waals surface area contributed by atoms with Gasteiger partial charge in [-0.3, -0.25) is 19.8 Å². The van der Waals surface area contributed by atoms with Crippen LogP contribution in [0.25, 0.3) is 0 Å². The highest BCUT2D eigenvalue weighted by molar-refractivity contribution is 6.30. The molecule has 1 aliphatic rings. The van der Waals surface area contributed by atoms with Gasteiger partial charge >= 0.3 is 0 Å². The van der Waals surface area contributed by atoms with Crippen LogP contribution in [0.15, 0.2) is 24.3 Å². The molecule has 0 spiro atoms. The van der Waals surface area contributed by atoms with E-state index in [4.69, 9.17) is 11.6 Å². The molecule has 1 aromatic carbocycles. The summed E-state index contributed by atoms with van der Waals surface area (Å²) in [5.74, 6) is -0.328. The van der Waals surface area contributed by atoms with E-state index >= 15 is 0 Å². The number of benzene rings is 1. The maximum Gasteiger partial charge on any atom is 0.257 e. The fourth-order valence-corrected chi connectivity index (χ4v) is 2.57. The van der Waals surface area contributed by atoms with Crippen molar-refractivity contribution in [3.8, 4) is 0 Å². The number of carbonyl (C=O) groups is 2. The van der Waals surface area contributed by atoms with Gasteiger partial charge in [-0.2, -0.15) is 0 Å². The number of hydrogen-bond acceptors (Lipinski definition) is 4. The molecule has 2 rings (SSSR count). The number of carbonyl (C=O) groups excluding carboxylic acids is 2. The highest BCUT2D eigenvalue weighted by Gasteiger charge is 2.28. The van der Waals surface area contributed by atoms with Gasteiger partial charge < -0.3 is 5.11 Å². The molecule has 0 bridgehead atoms. The molecule has 0 radical (unpaired) electrons. The summed E-state index contributed by atoms with van der Waals surface area (Å²) in [5, 5.41) is 12.1. The third-order valence-corrected chi connectivity index (χ3v) is 3.81. The molecule has 0 aromatic heterocycles. The van der Waals surface area contributed by atoms with Crippen LogP contribution in [0.2, 0.25) is 5.02 Å². The standard InChI is InChI=1S/C15H19ClN2O3/c1-18(8-10-6-13(19)7-10)9-14(20)17-15(21)11-2-4-12(16)5-3-11/h2-5,10,13,19H,6-9H2,1H3,(H,17,20,21). The highest BCUT2D eigenvalue weighted by Crippen LogP contribution is 2.27. The van der Waals surface area contributed by atoms with E-state index in [0.717, 1.165) is 19.4 Å². The predicted molar refractivity (Wildman–Crippen MR) is 80.2 cm³/mol. The number of aliphatic hydroxyl groups is 1. The molecule has 0 atom stereocenters. The Morgan fingerprint density at radius 2 is 1.95 bits per heavy atom. The van der Waals surface area contributed by atoms with Gasteiger partial charge in [0.1, 0.15) is 0 Å². The van der Waals surface area contributed by atoms with Gasteiger partial charge in [-0.15, -0.1) is 0 Å². The summed E-state index contributed by atoms with van der Waals surface area (Å²) in [5.41, 5.74) is 0.400. The van der Waals surface area contributed by atoms with E-state index in [-0.39, 0.29) is 18.6 Å². The summed E-state index contributed by atoms with van der Waals surface area (Å²) >= 11 is 5.75. The summed E-state index contributed by atoms with van der Waals surface area (Å²) in [6.07, 6.45) is 1.38. The number of imide groups is 1. The molecule has 2 N–H and O–H groups in total. The number of nitrogens with zero attached hydrogens (tertiary/aromatic N) is 1. The van der Waals surface area contributed by atoms with Crippen LogP contribution in [0.1, 0.15) is 23.2 Å². The van der Waals surface area contributed by atoms with Crippen LogP contribution in [-0.4, -0.2) is 48.1 Å². The van der Waals surface area contributed by atoms with Gasteiger partial charge in [-0.1, -0.05) is 11.6 Å². The van der Waals surface area contributed by atoms with Crippen LogP contribution < -0.4 is 5.32 Å². The second-order valence-corrected chi connectivity index (χ2v) is 6.01. The zero-order valence-electron chi connectivity index (χ0n) is 11.9. The van der Waals surface area contributed by atoms with Crippen molar-refractivity contribution in [1.82, 2.24) is 10.2 Å². The molecule has 1 saturated carbocycles. The Morgan fingerprint density at radius 3 is 2.52 bits per heavy atom. The van der Waals surface area contributed by atoms with Crippen molar-refractivity contribution in [3.05, 3.63) is 34.9 Å². The van der Waals surface area contributed by atoms with Gasteiger partial charge in [0.2, 0.25) is 5.91 Å². The number of nitrogens with one attached hydrogen (secondary N) is 1. The molecule has 0 aliphatic heterocycles. The third kappa shape index (κ3) is 4.81. The van der Waals surface area contributed by atoms with Crippen LogP contribution in [0, 0.1) is 5.92 Å². The van der Waals surface area contributed by atoms with Crippen molar-refractivity contribution in [2.45, 2.75) is 18.9 Å². The van der Waals surface area contributed by atoms with E-state index in [0.29, 0.717) is 16.5 Å². The lowest BCUT2D eigenvalue weighted by atomic mass is 9.82. The quantitative estimate of drug-likeness (QED) is 0.860. The Morgan fingerprint density at radius 1 is 1.33 bits per heavy atom. The molecule has 1 aliphatic carbocycles. The van der Waals surface area contributed by atoms with Gasteiger partial charge in [0.25, 0.3) is 5.91 Å². The number of likely N-dealkylation sites (N-methyl/N-ethyl adjacent to an activating group) is 1. The van der Waals surface area contributed by atoms with Gasteiger partial charge in [-0.05, 0) is 50.1 Å². The fourth-order valence-electron chi connectivity index (χ4n) is 2.44. The van der Waals surface area contributed by atoms with Crippen LogP contribution in [0.3, 0.4) is 0 Å². The fraction of sp³-hybridized carbons (Fsp3) is 0.467. The Labute approximate surface area is 128 Å². The first-order chi connectivity index (χ1) is 9.94. The normalized spacial score (nSPS) is 21.0. The minimum absolute atomic E-state index is 0.159. The Bertz CT molecular complexity index is 512. The number of amides is 2. The van der Waals surface area contributed by atoms with E-state index < -0.39 is 5.91 Å². The maximum absolute atomic E-state index is 11.9. The Balaban J connectivity index is 1.75. The zero-order valence-corrected chi connectivity index (χ0v) is 12.6. The Hall–Kier alpha value is -1.43. The van der Waals surface area contributed by atoms with Crippen molar-refractivity contribution in [1.29, 1.82) is 0 Å². The molecule has 6 heteroatoms. The van der Waals surface area contributed by atoms with Crippen LogP contribution in [0.4, 0.5) is 0 Å². The first-order valence-electron chi connectivity index (χ1n) is 6.90. The largest absolute Gasteiger partial charge is 0.393 e. The maximum atomic E-state index is 11.9. The number of hydrogen-bond donors (Lipinski definition) is 2. The van der Waals surface area contributed by atoms with E-state index in [1.807, 2.05) is 11.9 Å². The molecule has 21 heavy (non-hydrogen) atoms. The molecule has 2 amide bonds. The van der Waals surface area contributed by atoms with Gasteiger partial charge in [0.15, 0.2) is 0 Å². The number of halogens is 1. The molecular weight excluding hydrogens is 292 g/mol. The first kappa shape index (κ1) is 15.9. The van der Waals surface area contributed by atoms with Crippen molar-refractivity contribution >= 4 is 23.4 Å². The SMILES string of the molecule is CN(CC(=O)NC(=O)c1ccc(Cl)cc1)CC1CC(O)C1. The predicted octanol–water partition coefficient (Wildman–Crippen LogP) is 1.30. The highest BCUT2D eigenvalue weighted by atomic mass is 35.5. The first-order valence-corrected chi connectivity index (χ1v) is 7.28. The van der Waals surface area contributed by atoms with Crippen LogP contribution in [-0.2, 0) is 4.79 Å². The molecule has 0 unspecified atom stereocenters. The second-order valence-electron chi connectivity index (χ2n) is 5.57. The van der Waals surface area contributed by atoms with Crippen molar-refractivity contribution in [2.24, 2.45) is 5.92 Å². The Kier molecular flexibility index (Phi) is 5.33. The van der Waals surface area contributed by atoms with Gasteiger partial charge in [0.05, 0.1) is 12.6 Å². The van der Waals surface area contributed by atoms with E-state index in [1.165, 1.54) is 0 Å². The van der Waals surface area contributed by atoms with Crippen molar-refractivity contribution in [2.75, 3.05) is 20.1 Å². The molecule has 1 aromatic rings. The molecule has 0 saturated heterocycles. The average molecular weight is 311 g/mol. The number of aliphatic hydroxyl groups excluding tert-OH is 1. The van der Waals surface area contributed by atoms with Crippen LogP contribution in [0.5, 0.6) is 0 Å². The summed E-state index contributed by atoms with van der Waals surface area (Å²) in [6, 6.07) is 6.36. The minimum Gasteiger partial charge on any atom is -0.393 e. The van der Waals surface area contributed by atoms with E-state index in [2.05, 4.69) is 5.32 Å². The molecule has 0 heterocycles. The average Bonchev–Trinajstić information content (AvgIpc) is 2.37. The monoisotopic (exact) mass is 310 g/mol. The summed E-state index contributed by atoms with van der Waals surface area (Å²) < 4.78 is 0. The topological polar surface area (TPSA) is 69.6 Å². The number of rotatable bonds is 5. The molecule has 1 fully saturated rings. The van der Waals surface area contributed by atoms with Crippen molar-refractivity contribution < 1.29 is 14.7 Å². The summed E-state index contributed by atoms with van der Waals surface area (Å²) in [7, 11) is 1.83. The van der Waals surface area contributed by atoms with Gasteiger partial charge in [0, 0.05) is 17.1 Å². The minimum atomic E-state index is -0.427. The molecular formula is C15H19ClN2O3. The van der Waals surface area contributed by atoms with Crippen LogP contribution >= 0.6 is 11.6 Å². The second kappa shape index (κ2) is 7.02.